The van der Waals surface area contributed by atoms with Crippen LogP contribution in [0.5, 0.6) is 0 Å². The van der Waals surface area contributed by atoms with E-state index in [4.69, 9.17) is 16.7 Å². The lowest BCUT2D eigenvalue weighted by atomic mass is 9.96. The largest absolute Gasteiger partial charge is 0.396 e. The van der Waals surface area contributed by atoms with Crippen molar-refractivity contribution in [2.75, 3.05) is 13.2 Å². The molecule has 0 aliphatic rings. The molecule has 0 unspecified atom stereocenters. The summed E-state index contributed by atoms with van der Waals surface area (Å²) >= 11 is 6.59. The summed E-state index contributed by atoms with van der Waals surface area (Å²) in [5, 5.41) is 9.05. The van der Waals surface area contributed by atoms with E-state index in [0.717, 1.165) is 11.3 Å². The van der Waals surface area contributed by atoms with E-state index in [-0.39, 0.29) is 21.8 Å². The second-order valence-electron chi connectivity index (χ2n) is 4.49. The normalized spacial score (nSPS) is 13.0. The molecule has 1 aromatic rings. The lowest BCUT2D eigenvalue weighted by Gasteiger charge is -2.21. The van der Waals surface area contributed by atoms with E-state index < -0.39 is 15.4 Å². The summed E-state index contributed by atoms with van der Waals surface area (Å²) in [5.74, 6) is 0. The molecule has 0 saturated heterocycles. The molecule has 98 valence electrons. The molecule has 0 saturated carbocycles. The molecule has 0 aromatic carbocycles. The number of aromatic nitrogens is 1. The Morgan fingerprint density at radius 2 is 2.12 bits per heavy atom. The van der Waals surface area contributed by atoms with Crippen LogP contribution in [0.1, 0.15) is 19.5 Å². The topological polar surface area (TPSA) is 79.3 Å². The van der Waals surface area contributed by atoms with Gasteiger partial charge in [-0.2, -0.15) is 0 Å². The van der Waals surface area contributed by atoms with Gasteiger partial charge in [-0.25, -0.2) is 18.1 Å². The van der Waals surface area contributed by atoms with E-state index in [2.05, 4.69) is 9.71 Å². The van der Waals surface area contributed by atoms with Gasteiger partial charge in [0.25, 0.3) is 10.0 Å². The van der Waals surface area contributed by atoms with Crippen molar-refractivity contribution in [3.05, 3.63) is 10.2 Å². The highest BCUT2D eigenvalue weighted by Gasteiger charge is 2.25. The number of rotatable bonds is 5. The first-order chi connectivity index (χ1) is 7.68. The molecule has 0 radical (unpaired) electrons. The molecule has 1 rings (SSSR count). The minimum Gasteiger partial charge on any atom is -0.396 e. The minimum absolute atomic E-state index is 0.0993. The van der Waals surface area contributed by atoms with E-state index in [1.165, 1.54) is 0 Å². The van der Waals surface area contributed by atoms with Crippen molar-refractivity contribution in [2.45, 2.75) is 25.0 Å². The summed E-state index contributed by atoms with van der Waals surface area (Å²) in [4.78, 5) is 3.86. The number of thiazole rings is 1. The lowest BCUT2D eigenvalue weighted by molar-refractivity contribution is 0.163. The van der Waals surface area contributed by atoms with Gasteiger partial charge < -0.3 is 5.11 Å². The molecule has 17 heavy (non-hydrogen) atoms. The smallest absolute Gasteiger partial charge is 0.252 e. The average molecular weight is 299 g/mol. The van der Waals surface area contributed by atoms with Crippen LogP contribution >= 0.6 is 22.9 Å². The average Bonchev–Trinajstić information content (AvgIpc) is 2.56. The van der Waals surface area contributed by atoms with Crippen molar-refractivity contribution >= 4 is 33.0 Å². The van der Waals surface area contributed by atoms with Crippen LogP contribution in [0.2, 0.25) is 4.47 Å². The van der Waals surface area contributed by atoms with Crippen molar-refractivity contribution < 1.29 is 13.5 Å². The molecule has 5 nitrogen and oxygen atoms in total. The van der Waals surface area contributed by atoms with Gasteiger partial charge in [0.1, 0.15) is 0 Å². The number of aliphatic hydroxyl groups excluding tert-OH is 1. The quantitative estimate of drug-likeness (QED) is 0.861. The van der Waals surface area contributed by atoms with Crippen LogP contribution in [0.3, 0.4) is 0 Å². The number of nitrogens with zero attached hydrogens (tertiary/aromatic N) is 1. The van der Waals surface area contributed by atoms with Crippen molar-refractivity contribution in [1.29, 1.82) is 0 Å². The number of halogens is 1. The van der Waals surface area contributed by atoms with Gasteiger partial charge in [-0.3, -0.25) is 0 Å². The molecule has 8 heteroatoms. The highest BCUT2D eigenvalue weighted by molar-refractivity contribution is 7.91. The van der Waals surface area contributed by atoms with Gasteiger partial charge in [-0.1, -0.05) is 36.8 Å². The van der Waals surface area contributed by atoms with Crippen LogP contribution in [-0.2, 0) is 10.0 Å². The maximum atomic E-state index is 11.9. The maximum Gasteiger partial charge on any atom is 0.252 e. The molecule has 0 spiro atoms. The van der Waals surface area contributed by atoms with E-state index in [0.29, 0.717) is 5.69 Å². The molecule has 1 aromatic heterocycles. The fourth-order valence-corrected chi connectivity index (χ4v) is 4.03. The summed E-state index contributed by atoms with van der Waals surface area (Å²) in [6.07, 6.45) is 0. The summed E-state index contributed by atoms with van der Waals surface area (Å²) in [5.41, 5.74) is -0.121. The summed E-state index contributed by atoms with van der Waals surface area (Å²) < 4.78 is 26.7. The van der Waals surface area contributed by atoms with Crippen LogP contribution in [0, 0.1) is 12.3 Å². The van der Waals surface area contributed by atoms with Crippen LogP contribution in [0.15, 0.2) is 4.21 Å². The lowest BCUT2D eigenvalue weighted by Crippen LogP contribution is -2.36. The molecule has 0 amide bonds. The number of aryl methyl sites for hydroxylation is 1. The van der Waals surface area contributed by atoms with E-state index in [1.54, 1.807) is 20.8 Å². The Kier molecular flexibility index (Phi) is 4.54. The number of sulfonamides is 1. The van der Waals surface area contributed by atoms with Crippen molar-refractivity contribution in [2.24, 2.45) is 5.41 Å². The molecule has 1 heterocycles. The van der Waals surface area contributed by atoms with Crippen LogP contribution in [-0.4, -0.2) is 31.7 Å². The zero-order valence-corrected chi connectivity index (χ0v) is 12.2. The molecular formula is C9H15ClN2O3S2. The molecule has 0 atom stereocenters. The predicted octanol–water partition coefficient (Wildman–Crippen LogP) is 1.40. The van der Waals surface area contributed by atoms with E-state index in [9.17, 15) is 8.42 Å². The second-order valence-corrected chi connectivity index (χ2v) is 8.03. The molecule has 2 N–H and O–H groups in total. The van der Waals surface area contributed by atoms with Gasteiger partial charge in [0.2, 0.25) is 0 Å². The van der Waals surface area contributed by atoms with Gasteiger partial charge in [0, 0.05) is 18.6 Å². The van der Waals surface area contributed by atoms with E-state index in [1.807, 2.05) is 0 Å². The zero-order chi connectivity index (χ0) is 13.3. The Hall–Kier alpha value is -0.210. The first-order valence-electron chi connectivity index (χ1n) is 4.91. The Bertz CT molecular complexity index is 496. The number of aliphatic hydroxyl groups is 1. The SMILES string of the molecule is Cc1nc(Cl)sc1S(=O)(=O)NCC(C)(C)CO. The Morgan fingerprint density at radius 1 is 1.53 bits per heavy atom. The van der Waals surface area contributed by atoms with Crippen LogP contribution in [0.25, 0.3) is 0 Å². The second kappa shape index (κ2) is 5.19. The molecule has 0 aliphatic carbocycles. The monoisotopic (exact) mass is 298 g/mol. The van der Waals surface area contributed by atoms with Gasteiger partial charge in [0.05, 0.1) is 5.69 Å². The first kappa shape index (κ1) is 14.8. The minimum atomic E-state index is -3.60. The van der Waals surface area contributed by atoms with E-state index >= 15 is 0 Å². The Morgan fingerprint density at radius 3 is 2.53 bits per heavy atom. The van der Waals surface area contributed by atoms with Gasteiger partial charge in [-0.15, -0.1) is 0 Å². The third kappa shape index (κ3) is 3.89. The molecule has 0 fully saturated rings. The van der Waals surface area contributed by atoms with Crippen molar-refractivity contribution in [3.8, 4) is 0 Å². The van der Waals surface area contributed by atoms with Crippen LogP contribution in [0.4, 0.5) is 0 Å². The molecular weight excluding hydrogens is 284 g/mol. The summed E-state index contributed by atoms with van der Waals surface area (Å²) in [6, 6.07) is 0. The van der Waals surface area contributed by atoms with Gasteiger partial charge >= 0.3 is 0 Å². The molecule has 0 aliphatic heterocycles. The Labute approximate surface area is 110 Å². The van der Waals surface area contributed by atoms with Gasteiger partial charge in [0.15, 0.2) is 8.68 Å². The third-order valence-corrected chi connectivity index (χ3v) is 5.41. The maximum absolute atomic E-state index is 11.9. The van der Waals surface area contributed by atoms with Crippen LogP contribution < -0.4 is 4.72 Å². The number of hydrogen-bond donors (Lipinski definition) is 2. The van der Waals surface area contributed by atoms with Crippen molar-refractivity contribution in [1.82, 2.24) is 9.71 Å². The predicted molar refractivity (Wildman–Crippen MR) is 67.9 cm³/mol. The van der Waals surface area contributed by atoms with Gasteiger partial charge in [-0.05, 0) is 6.92 Å². The fraction of sp³-hybridized carbons (Fsp3) is 0.667. The number of hydrogen-bond acceptors (Lipinski definition) is 5. The summed E-state index contributed by atoms with van der Waals surface area (Å²) in [6.45, 7) is 5.18. The third-order valence-electron chi connectivity index (χ3n) is 2.14. The standard InChI is InChI=1S/C9H15ClN2O3S2/c1-6-7(16-8(10)12-6)17(14,15)11-4-9(2,3)5-13/h11,13H,4-5H2,1-3H3. The summed E-state index contributed by atoms with van der Waals surface area (Å²) in [7, 11) is -3.60. The zero-order valence-electron chi connectivity index (χ0n) is 9.82. The first-order valence-corrected chi connectivity index (χ1v) is 7.59. The number of nitrogens with one attached hydrogen (secondary N) is 1. The fourth-order valence-electron chi connectivity index (χ4n) is 1.01. The van der Waals surface area contributed by atoms with Crippen molar-refractivity contribution in [3.63, 3.8) is 0 Å². The highest BCUT2D eigenvalue weighted by Crippen LogP contribution is 2.26. The molecule has 0 bridgehead atoms. The Balaban J connectivity index is 2.87. The highest BCUT2D eigenvalue weighted by atomic mass is 35.5.